The van der Waals surface area contributed by atoms with E-state index >= 15 is 0 Å². The van der Waals surface area contributed by atoms with Gasteiger partial charge in [-0.25, -0.2) is 4.98 Å². The van der Waals surface area contributed by atoms with Crippen molar-refractivity contribution in [1.82, 2.24) is 25.0 Å². The predicted octanol–water partition coefficient (Wildman–Crippen LogP) is 0.905. The average molecular weight is 279 g/mol. The van der Waals surface area contributed by atoms with Crippen LogP contribution in [0.15, 0.2) is 12.7 Å². The lowest BCUT2D eigenvalue weighted by Crippen LogP contribution is -2.44. The lowest BCUT2D eigenvalue weighted by atomic mass is 9.97. The summed E-state index contributed by atoms with van der Waals surface area (Å²) in [6.07, 6.45) is 5.98. The number of nitrogens with one attached hydrogen (secondary N) is 1. The van der Waals surface area contributed by atoms with Crippen LogP contribution in [0.1, 0.15) is 33.1 Å². The van der Waals surface area contributed by atoms with Gasteiger partial charge >= 0.3 is 0 Å². The Kier molecular flexibility index (Phi) is 5.52. The van der Waals surface area contributed by atoms with E-state index in [2.05, 4.69) is 29.2 Å². The molecule has 1 saturated heterocycles. The van der Waals surface area contributed by atoms with E-state index in [9.17, 15) is 4.79 Å². The van der Waals surface area contributed by atoms with Gasteiger partial charge in [-0.15, -0.1) is 0 Å². The van der Waals surface area contributed by atoms with Crippen LogP contribution in [0.2, 0.25) is 0 Å². The number of carbonyl (C=O) groups excluding carboxylic acids is 1. The van der Waals surface area contributed by atoms with Crippen molar-refractivity contribution in [2.24, 2.45) is 5.92 Å². The Labute approximate surface area is 120 Å². The maximum Gasteiger partial charge on any atom is 0.224 e. The van der Waals surface area contributed by atoms with E-state index in [0.29, 0.717) is 24.9 Å². The van der Waals surface area contributed by atoms with E-state index < -0.39 is 0 Å². The van der Waals surface area contributed by atoms with Gasteiger partial charge in [-0.05, 0) is 25.3 Å². The second kappa shape index (κ2) is 7.38. The number of likely N-dealkylation sites (tertiary alicyclic amines) is 1. The van der Waals surface area contributed by atoms with Gasteiger partial charge in [-0.1, -0.05) is 13.8 Å². The molecular formula is C14H25N5O. The van der Waals surface area contributed by atoms with E-state index in [-0.39, 0.29) is 5.91 Å². The van der Waals surface area contributed by atoms with Gasteiger partial charge in [-0.2, -0.15) is 5.10 Å². The van der Waals surface area contributed by atoms with E-state index in [1.165, 1.54) is 12.7 Å². The standard InChI is InChI=1S/C14H25N5O/c1-12(2)16-8-13-4-3-6-18(9-13)14(20)5-7-19-11-15-10-17-19/h10-13,16H,3-9H2,1-2H3. The monoisotopic (exact) mass is 279 g/mol. The summed E-state index contributed by atoms with van der Waals surface area (Å²) >= 11 is 0. The lowest BCUT2D eigenvalue weighted by Gasteiger charge is -2.33. The first-order valence-electron chi connectivity index (χ1n) is 7.48. The van der Waals surface area contributed by atoms with Crippen molar-refractivity contribution in [2.75, 3.05) is 19.6 Å². The Morgan fingerprint density at radius 1 is 1.50 bits per heavy atom. The Bertz CT molecular complexity index is 404. The first kappa shape index (κ1) is 15.0. The van der Waals surface area contributed by atoms with Crippen molar-refractivity contribution >= 4 is 5.91 Å². The van der Waals surface area contributed by atoms with Gasteiger partial charge in [0.25, 0.3) is 0 Å². The van der Waals surface area contributed by atoms with Gasteiger partial charge in [0.2, 0.25) is 5.91 Å². The summed E-state index contributed by atoms with van der Waals surface area (Å²) in [6, 6.07) is 0.508. The molecule has 0 spiro atoms. The van der Waals surface area contributed by atoms with Crippen LogP contribution in [0.4, 0.5) is 0 Å². The minimum absolute atomic E-state index is 0.231. The molecule has 1 N–H and O–H groups in total. The maximum atomic E-state index is 12.2. The van der Waals surface area contributed by atoms with Crippen molar-refractivity contribution in [3.05, 3.63) is 12.7 Å². The Hall–Kier alpha value is -1.43. The molecule has 0 aliphatic carbocycles. The molecule has 20 heavy (non-hydrogen) atoms. The molecular weight excluding hydrogens is 254 g/mol. The molecule has 1 amide bonds. The highest BCUT2D eigenvalue weighted by Gasteiger charge is 2.23. The highest BCUT2D eigenvalue weighted by atomic mass is 16.2. The lowest BCUT2D eigenvalue weighted by molar-refractivity contribution is -0.133. The number of rotatable bonds is 6. The van der Waals surface area contributed by atoms with Crippen LogP contribution in [-0.2, 0) is 11.3 Å². The van der Waals surface area contributed by atoms with Crippen LogP contribution in [0, 0.1) is 5.92 Å². The van der Waals surface area contributed by atoms with Crippen molar-refractivity contribution in [2.45, 2.75) is 45.7 Å². The Morgan fingerprint density at radius 2 is 2.35 bits per heavy atom. The highest BCUT2D eigenvalue weighted by molar-refractivity contribution is 5.76. The molecule has 1 atom stereocenters. The molecule has 1 aliphatic heterocycles. The van der Waals surface area contributed by atoms with Crippen molar-refractivity contribution in [3.8, 4) is 0 Å². The summed E-state index contributed by atoms with van der Waals surface area (Å²) in [4.78, 5) is 18.1. The quantitative estimate of drug-likeness (QED) is 0.840. The summed E-state index contributed by atoms with van der Waals surface area (Å²) < 4.78 is 1.71. The van der Waals surface area contributed by atoms with Gasteiger partial charge in [0, 0.05) is 25.6 Å². The largest absolute Gasteiger partial charge is 0.342 e. The summed E-state index contributed by atoms with van der Waals surface area (Å²) in [7, 11) is 0. The first-order chi connectivity index (χ1) is 9.65. The third kappa shape index (κ3) is 4.59. The zero-order valence-electron chi connectivity index (χ0n) is 12.5. The zero-order chi connectivity index (χ0) is 14.4. The fraction of sp³-hybridized carbons (Fsp3) is 0.786. The molecule has 1 aromatic heterocycles. The molecule has 1 aromatic rings. The fourth-order valence-electron chi connectivity index (χ4n) is 2.58. The molecule has 0 saturated carbocycles. The second-order valence-corrected chi connectivity index (χ2v) is 5.82. The molecule has 1 aliphatic rings. The molecule has 1 unspecified atom stereocenters. The average Bonchev–Trinajstić information content (AvgIpc) is 2.96. The van der Waals surface area contributed by atoms with Gasteiger partial charge in [0.05, 0.1) is 6.54 Å². The van der Waals surface area contributed by atoms with Gasteiger partial charge in [0.1, 0.15) is 12.7 Å². The van der Waals surface area contributed by atoms with Crippen LogP contribution in [0.5, 0.6) is 0 Å². The predicted molar refractivity (Wildman–Crippen MR) is 77.1 cm³/mol. The van der Waals surface area contributed by atoms with E-state index in [1.54, 1.807) is 11.0 Å². The van der Waals surface area contributed by atoms with Crippen LogP contribution in [0.25, 0.3) is 0 Å². The van der Waals surface area contributed by atoms with E-state index in [0.717, 1.165) is 26.1 Å². The number of piperidine rings is 1. The summed E-state index contributed by atoms with van der Waals surface area (Å²) in [6.45, 7) is 7.72. The Balaban J connectivity index is 1.74. The molecule has 6 nitrogen and oxygen atoms in total. The minimum atomic E-state index is 0.231. The van der Waals surface area contributed by atoms with Crippen LogP contribution >= 0.6 is 0 Å². The summed E-state index contributed by atoms with van der Waals surface area (Å²) in [5.74, 6) is 0.816. The zero-order valence-corrected chi connectivity index (χ0v) is 12.5. The summed E-state index contributed by atoms with van der Waals surface area (Å²) in [5.41, 5.74) is 0. The number of hydrogen-bond donors (Lipinski definition) is 1. The highest BCUT2D eigenvalue weighted by Crippen LogP contribution is 2.16. The van der Waals surface area contributed by atoms with Gasteiger partial charge in [-0.3, -0.25) is 9.48 Å². The Morgan fingerprint density at radius 3 is 3.05 bits per heavy atom. The van der Waals surface area contributed by atoms with Gasteiger partial charge in [0.15, 0.2) is 0 Å². The first-order valence-corrected chi connectivity index (χ1v) is 7.48. The molecule has 0 aromatic carbocycles. The van der Waals surface area contributed by atoms with Crippen molar-refractivity contribution < 1.29 is 4.79 Å². The van der Waals surface area contributed by atoms with Gasteiger partial charge < -0.3 is 10.2 Å². The maximum absolute atomic E-state index is 12.2. The minimum Gasteiger partial charge on any atom is -0.342 e. The molecule has 112 valence electrons. The molecule has 0 bridgehead atoms. The van der Waals surface area contributed by atoms with Crippen molar-refractivity contribution in [1.29, 1.82) is 0 Å². The summed E-state index contributed by atoms with van der Waals surface area (Å²) in [5, 5.41) is 7.49. The smallest absolute Gasteiger partial charge is 0.224 e. The fourth-order valence-corrected chi connectivity index (χ4v) is 2.58. The number of aryl methyl sites for hydroxylation is 1. The number of nitrogens with zero attached hydrogens (tertiary/aromatic N) is 4. The molecule has 0 radical (unpaired) electrons. The van der Waals surface area contributed by atoms with E-state index in [4.69, 9.17) is 0 Å². The van der Waals surface area contributed by atoms with Crippen LogP contribution in [-0.4, -0.2) is 51.2 Å². The number of aromatic nitrogens is 3. The van der Waals surface area contributed by atoms with Crippen molar-refractivity contribution in [3.63, 3.8) is 0 Å². The SMILES string of the molecule is CC(C)NCC1CCCN(C(=O)CCn2cncn2)C1. The molecule has 2 rings (SSSR count). The van der Waals surface area contributed by atoms with Crippen LogP contribution in [0.3, 0.4) is 0 Å². The number of amides is 1. The number of hydrogen-bond acceptors (Lipinski definition) is 4. The normalized spacial score (nSPS) is 19.6. The van der Waals surface area contributed by atoms with Crippen LogP contribution < -0.4 is 5.32 Å². The molecule has 6 heteroatoms. The third-order valence-electron chi connectivity index (χ3n) is 3.71. The second-order valence-electron chi connectivity index (χ2n) is 5.82. The topological polar surface area (TPSA) is 63.1 Å². The third-order valence-corrected chi connectivity index (χ3v) is 3.71. The molecule has 2 heterocycles. The number of carbonyl (C=O) groups is 1. The molecule has 1 fully saturated rings. The van der Waals surface area contributed by atoms with E-state index in [1.807, 2.05) is 4.90 Å².